The van der Waals surface area contributed by atoms with Gasteiger partial charge in [-0.3, -0.25) is 9.58 Å². The highest BCUT2D eigenvalue weighted by molar-refractivity contribution is 5.07. The first kappa shape index (κ1) is 15.4. The van der Waals surface area contributed by atoms with Crippen LogP contribution in [0.25, 0.3) is 4.85 Å². The molecule has 0 bridgehead atoms. The van der Waals surface area contributed by atoms with Crippen molar-refractivity contribution >= 4 is 0 Å². The minimum Gasteiger partial charge on any atom is -0.387 e. The molecule has 0 amide bonds. The maximum Gasteiger partial charge on any atom is 0.389 e. The Kier molecular flexibility index (Phi) is 5.11. The average molecular weight is 257 g/mol. The molecule has 0 aromatic carbocycles. The molecule has 1 unspecified atom stereocenters. The Balaban J connectivity index is 2.88. The largest absolute Gasteiger partial charge is 0.389 e. The van der Waals surface area contributed by atoms with Gasteiger partial charge < -0.3 is 14.6 Å². The lowest BCUT2D eigenvalue weighted by Gasteiger charge is -2.25. The Bertz CT molecular complexity index is 313. The molecular weight excluding hydrogens is 234 g/mol. The van der Waals surface area contributed by atoms with Gasteiger partial charge in [-0.15, -0.1) is 0 Å². The van der Waals surface area contributed by atoms with Crippen molar-refractivity contribution in [1.29, 1.82) is 0 Å². The summed E-state index contributed by atoms with van der Waals surface area (Å²) in [5.74, 6) is 0. The summed E-state index contributed by atoms with van der Waals surface area (Å²) in [5.41, 5.74) is -1.24. The van der Waals surface area contributed by atoms with Crippen LogP contribution in [0.3, 0.4) is 0 Å². The molecular formula is C13H23NO4. The van der Waals surface area contributed by atoms with E-state index in [1.807, 2.05) is 27.7 Å². The summed E-state index contributed by atoms with van der Waals surface area (Å²) in [7, 11) is 0. The number of nitrogens with zero attached hydrogens (tertiary/aromatic N) is 1. The van der Waals surface area contributed by atoms with Crippen LogP contribution in [0.1, 0.15) is 34.6 Å². The molecule has 5 nitrogen and oxygen atoms in total. The molecule has 4 atom stereocenters. The van der Waals surface area contributed by atoms with E-state index in [2.05, 4.69) is 4.85 Å². The van der Waals surface area contributed by atoms with Crippen molar-refractivity contribution in [2.24, 2.45) is 0 Å². The van der Waals surface area contributed by atoms with Crippen molar-refractivity contribution in [3.8, 4) is 0 Å². The Morgan fingerprint density at radius 3 is 2.39 bits per heavy atom. The fourth-order valence-electron chi connectivity index (χ4n) is 1.98. The maximum atomic E-state index is 10.1. The Hall–Kier alpha value is -0.670. The van der Waals surface area contributed by atoms with Crippen LogP contribution in [0, 0.1) is 6.57 Å². The fraction of sp³-hybridized carbons (Fsp3) is 0.923. The smallest absolute Gasteiger partial charge is 0.387 e. The van der Waals surface area contributed by atoms with E-state index in [9.17, 15) is 5.11 Å². The van der Waals surface area contributed by atoms with E-state index in [0.717, 1.165) is 0 Å². The number of hydrogen-bond donors (Lipinski definition) is 1. The highest BCUT2D eigenvalue weighted by Gasteiger charge is 2.61. The number of rotatable bonds is 5. The molecule has 1 saturated heterocycles. The predicted octanol–water partition coefficient (Wildman–Crippen LogP) is 1.60. The molecule has 0 spiro atoms. The third-order valence-corrected chi connectivity index (χ3v) is 2.86. The molecule has 104 valence electrons. The third-order valence-electron chi connectivity index (χ3n) is 2.86. The Morgan fingerprint density at radius 2 is 1.94 bits per heavy atom. The number of aliphatic hydroxyl groups is 1. The van der Waals surface area contributed by atoms with E-state index in [4.69, 9.17) is 20.8 Å². The zero-order chi connectivity index (χ0) is 13.9. The lowest BCUT2D eigenvalue weighted by atomic mass is 10.0. The van der Waals surface area contributed by atoms with Gasteiger partial charge in [-0.25, -0.2) is 6.57 Å². The van der Waals surface area contributed by atoms with Gasteiger partial charge in [0.15, 0.2) is 12.7 Å². The van der Waals surface area contributed by atoms with Crippen LogP contribution in [-0.4, -0.2) is 48.0 Å². The maximum absolute atomic E-state index is 10.1. The average Bonchev–Trinajstić information content (AvgIpc) is 2.51. The van der Waals surface area contributed by atoms with Gasteiger partial charge in [0.05, 0.1) is 18.3 Å². The van der Waals surface area contributed by atoms with Crippen LogP contribution in [-0.2, 0) is 14.2 Å². The molecule has 1 heterocycles. The van der Waals surface area contributed by atoms with Crippen molar-refractivity contribution in [2.45, 2.75) is 70.9 Å². The van der Waals surface area contributed by atoms with E-state index in [1.54, 1.807) is 6.92 Å². The second kappa shape index (κ2) is 5.98. The molecule has 5 heteroatoms. The second-order valence-corrected chi connectivity index (χ2v) is 5.24. The van der Waals surface area contributed by atoms with Crippen molar-refractivity contribution in [3.63, 3.8) is 0 Å². The van der Waals surface area contributed by atoms with E-state index < -0.39 is 24.0 Å². The van der Waals surface area contributed by atoms with Gasteiger partial charge in [-0.2, -0.15) is 0 Å². The minimum atomic E-state index is -1.24. The lowest BCUT2D eigenvalue weighted by molar-refractivity contribution is -0.134. The zero-order valence-corrected chi connectivity index (χ0v) is 11.7. The minimum absolute atomic E-state index is 0.0000241. The summed E-state index contributed by atoms with van der Waals surface area (Å²) in [5, 5.41) is 10.1. The van der Waals surface area contributed by atoms with Gasteiger partial charge in [0.25, 0.3) is 0 Å². The number of aliphatic hydroxyl groups excluding tert-OH is 1. The topological polar surface area (TPSA) is 52.3 Å². The van der Waals surface area contributed by atoms with Gasteiger partial charge >= 0.3 is 5.72 Å². The number of ether oxygens (including phenoxy) is 3. The summed E-state index contributed by atoms with van der Waals surface area (Å²) in [6.45, 7) is 16.7. The van der Waals surface area contributed by atoms with Gasteiger partial charge in [-0.05, 0) is 34.6 Å². The van der Waals surface area contributed by atoms with Crippen LogP contribution in [0.5, 0.6) is 0 Å². The molecule has 0 saturated carbocycles. The molecule has 1 rings (SSSR count). The van der Waals surface area contributed by atoms with Crippen molar-refractivity contribution in [1.82, 2.24) is 0 Å². The van der Waals surface area contributed by atoms with Crippen LogP contribution >= 0.6 is 0 Å². The van der Waals surface area contributed by atoms with Crippen molar-refractivity contribution < 1.29 is 19.3 Å². The van der Waals surface area contributed by atoms with E-state index in [0.29, 0.717) is 0 Å². The molecule has 1 N–H and O–H groups in total. The van der Waals surface area contributed by atoms with Crippen molar-refractivity contribution in [2.75, 3.05) is 6.61 Å². The SMILES string of the molecule is [C-]#[N+][C@]1(COC(C)C)O[C@@H](C)[C@@H](O)C1OC(C)C. The van der Waals surface area contributed by atoms with Crippen LogP contribution in [0.2, 0.25) is 0 Å². The fourth-order valence-corrected chi connectivity index (χ4v) is 1.98. The second-order valence-electron chi connectivity index (χ2n) is 5.24. The predicted molar refractivity (Wildman–Crippen MR) is 67.0 cm³/mol. The van der Waals surface area contributed by atoms with Gasteiger partial charge in [0, 0.05) is 0 Å². The summed E-state index contributed by atoms with van der Waals surface area (Å²) in [6.07, 6.45) is -2.00. The van der Waals surface area contributed by atoms with E-state index in [-0.39, 0.29) is 18.8 Å². The Labute approximate surface area is 109 Å². The van der Waals surface area contributed by atoms with Gasteiger partial charge in [0.1, 0.15) is 6.10 Å². The van der Waals surface area contributed by atoms with Crippen LogP contribution in [0.15, 0.2) is 0 Å². The van der Waals surface area contributed by atoms with Crippen LogP contribution in [0.4, 0.5) is 0 Å². The zero-order valence-electron chi connectivity index (χ0n) is 11.7. The molecule has 1 fully saturated rings. The summed E-state index contributed by atoms with van der Waals surface area (Å²) >= 11 is 0. The molecule has 1 aliphatic rings. The van der Waals surface area contributed by atoms with E-state index >= 15 is 0 Å². The number of hydrogen-bond acceptors (Lipinski definition) is 4. The van der Waals surface area contributed by atoms with Gasteiger partial charge in [-0.1, -0.05) is 0 Å². The highest BCUT2D eigenvalue weighted by Crippen LogP contribution is 2.36. The third kappa shape index (κ3) is 3.21. The standard InChI is InChI=1S/C13H23NO4/c1-8(2)16-7-13(14-6)12(17-9(3)4)11(15)10(5)18-13/h8-12,15H,7H2,1-5H3/t10-,11+,12?,13+/m0/s1. The Morgan fingerprint density at radius 1 is 1.33 bits per heavy atom. The van der Waals surface area contributed by atoms with E-state index in [1.165, 1.54) is 0 Å². The molecule has 0 aliphatic carbocycles. The molecule has 0 radical (unpaired) electrons. The van der Waals surface area contributed by atoms with Gasteiger partial charge in [0.2, 0.25) is 0 Å². The normalized spacial score (nSPS) is 36.3. The quantitative estimate of drug-likeness (QED) is 0.760. The molecule has 1 aliphatic heterocycles. The van der Waals surface area contributed by atoms with Crippen molar-refractivity contribution in [3.05, 3.63) is 11.4 Å². The summed E-state index contributed by atoms with van der Waals surface area (Å²) in [4.78, 5) is 3.54. The first-order chi connectivity index (χ1) is 8.32. The molecule has 18 heavy (non-hydrogen) atoms. The summed E-state index contributed by atoms with van der Waals surface area (Å²) in [6, 6.07) is 0. The summed E-state index contributed by atoms with van der Waals surface area (Å²) < 4.78 is 16.8. The first-order valence-electron chi connectivity index (χ1n) is 6.34. The molecule has 0 aromatic rings. The highest BCUT2D eigenvalue weighted by atomic mass is 16.6. The van der Waals surface area contributed by atoms with Crippen LogP contribution < -0.4 is 0 Å². The molecule has 0 aromatic heterocycles. The first-order valence-corrected chi connectivity index (χ1v) is 6.34. The lowest BCUT2D eigenvalue weighted by Crippen LogP contribution is -2.47. The monoisotopic (exact) mass is 257 g/mol.